The summed E-state index contributed by atoms with van der Waals surface area (Å²) in [6, 6.07) is 15.8. The number of hydrogen-bond acceptors (Lipinski definition) is 8. The van der Waals surface area contributed by atoms with Crippen LogP contribution in [-0.2, 0) is 22.7 Å². The highest BCUT2D eigenvalue weighted by Gasteiger charge is 2.36. The van der Waals surface area contributed by atoms with E-state index in [1.165, 1.54) is 19.2 Å². The van der Waals surface area contributed by atoms with Gasteiger partial charge in [-0.1, -0.05) is 18.2 Å². The molecule has 2 amide bonds. The summed E-state index contributed by atoms with van der Waals surface area (Å²) in [5.41, 5.74) is 1.95. The highest BCUT2D eigenvalue weighted by atomic mass is 79.9. The molecule has 1 aliphatic rings. The Morgan fingerprint density at radius 3 is 2.58 bits per heavy atom. The third-order valence-corrected chi connectivity index (χ3v) is 7.15. The van der Waals surface area contributed by atoms with E-state index in [0.29, 0.717) is 25.8 Å². The van der Waals surface area contributed by atoms with Crippen LogP contribution in [0.1, 0.15) is 33.0 Å². The van der Waals surface area contributed by atoms with E-state index in [4.69, 9.17) is 9.15 Å². The monoisotopic (exact) mass is 630 g/mol. The van der Waals surface area contributed by atoms with Gasteiger partial charge in [-0.2, -0.15) is 5.26 Å². The van der Waals surface area contributed by atoms with E-state index < -0.39 is 17.1 Å². The Balaban J connectivity index is 1.49. The number of esters is 1. The molecule has 0 N–H and O–H groups in total. The molecule has 1 aliphatic heterocycles. The molecule has 0 aliphatic carbocycles. The first kappa shape index (κ1) is 25.8. The molecule has 0 radical (unpaired) electrons. The fraction of sp³-hybridized carbons (Fsp3) is 0.120. The van der Waals surface area contributed by atoms with Crippen molar-refractivity contribution in [1.82, 2.24) is 4.90 Å². The minimum Gasteiger partial charge on any atom is -0.486 e. The lowest BCUT2D eigenvalue weighted by Crippen LogP contribution is -2.27. The number of carbonyl (C=O) groups excluding carboxylic acids is 3. The summed E-state index contributed by atoms with van der Waals surface area (Å²) in [4.78, 5) is 38.2. The van der Waals surface area contributed by atoms with E-state index in [9.17, 15) is 19.6 Å². The molecule has 1 aromatic heterocycles. The Morgan fingerprint density at radius 2 is 1.89 bits per heavy atom. The van der Waals surface area contributed by atoms with Gasteiger partial charge in [-0.05, 0) is 85.6 Å². The quantitative estimate of drug-likeness (QED) is 0.221. The normalized spacial score (nSPS) is 14.3. The van der Waals surface area contributed by atoms with Crippen molar-refractivity contribution in [3.8, 4) is 11.8 Å². The van der Waals surface area contributed by atoms with Crippen LogP contribution in [0.15, 0.2) is 66.8 Å². The number of ether oxygens (including phenoxy) is 2. The Labute approximate surface area is 227 Å². The van der Waals surface area contributed by atoms with Crippen LogP contribution in [0.3, 0.4) is 0 Å². The number of halogens is 2. The molecule has 0 saturated carbocycles. The van der Waals surface area contributed by atoms with E-state index in [1.807, 2.05) is 12.1 Å². The van der Waals surface area contributed by atoms with Gasteiger partial charge >= 0.3 is 5.97 Å². The van der Waals surface area contributed by atoms with Crippen molar-refractivity contribution in [2.45, 2.75) is 13.2 Å². The summed E-state index contributed by atoms with van der Waals surface area (Å²) < 4.78 is 17.1. The van der Waals surface area contributed by atoms with Crippen molar-refractivity contribution in [3.63, 3.8) is 0 Å². The minimum absolute atomic E-state index is 0.0110. The molecule has 3 aromatic rings. The van der Waals surface area contributed by atoms with Gasteiger partial charge in [0.05, 0.1) is 39.1 Å². The highest BCUT2D eigenvalue weighted by molar-refractivity contribution is 9.11. The van der Waals surface area contributed by atoms with Crippen LogP contribution in [0.25, 0.3) is 6.08 Å². The van der Waals surface area contributed by atoms with Crippen molar-refractivity contribution in [2.24, 2.45) is 0 Å². The number of benzene rings is 2. The number of methoxy groups -OCH3 is 1. The number of amides is 2. The maximum atomic E-state index is 12.9. The first-order valence-electron chi connectivity index (χ1n) is 10.3. The van der Waals surface area contributed by atoms with Gasteiger partial charge in [0, 0.05) is 5.56 Å². The zero-order valence-corrected chi connectivity index (χ0v) is 22.6. The molecule has 1 fully saturated rings. The number of hydrogen-bond donors (Lipinski definition) is 0. The smallest absolute Gasteiger partial charge is 0.373 e. The summed E-state index contributed by atoms with van der Waals surface area (Å²) in [6.45, 7) is 0.0903. The predicted octanol–water partition coefficient (Wildman–Crippen LogP) is 6.28. The summed E-state index contributed by atoms with van der Waals surface area (Å²) >= 11 is 7.80. The van der Waals surface area contributed by atoms with Crippen molar-refractivity contribution >= 4 is 66.8 Å². The standard InChI is InChI=1S/C25H16Br2N2O6S/c1-33-24(31)20-7-6-17(35-20)12-29-23(30)21(36-25(29)32)10-14-8-18(26)22(19(27)9-14)34-13-16-5-3-2-4-15(16)11-28/h2-10H,12-13H2,1H3/b21-10+. The third-order valence-electron chi connectivity index (χ3n) is 5.06. The van der Waals surface area contributed by atoms with E-state index in [-0.39, 0.29) is 29.6 Å². The Bertz CT molecular complexity index is 1420. The largest absolute Gasteiger partial charge is 0.486 e. The molecule has 0 unspecified atom stereocenters. The van der Waals surface area contributed by atoms with Gasteiger partial charge in [0.15, 0.2) is 0 Å². The molecule has 8 nitrogen and oxygen atoms in total. The van der Waals surface area contributed by atoms with Crippen LogP contribution in [0, 0.1) is 11.3 Å². The first-order chi connectivity index (χ1) is 17.3. The van der Waals surface area contributed by atoms with Crippen molar-refractivity contribution in [3.05, 3.63) is 90.6 Å². The van der Waals surface area contributed by atoms with Crippen LogP contribution >= 0.6 is 43.6 Å². The Kier molecular flexibility index (Phi) is 7.98. The number of furan rings is 1. The SMILES string of the molecule is COC(=O)c1ccc(CN2C(=O)S/C(=C/c3cc(Br)c(OCc4ccccc4C#N)c(Br)c3)C2=O)o1. The molecule has 0 atom stereocenters. The zero-order chi connectivity index (χ0) is 25.8. The molecule has 0 spiro atoms. The number of carbonyl (C=O) groups is 3. The predicted molar refractivity (Wildman–Crippen MR) is 139 cm³/mol. The van der Waals surface area contributed by atoms with Gasteiger partial charge in [0.25, 0.3) is 11.1 Å². The van der Waals surface area contributed by atoms with Gasteiger partial charge in [0.2, 0.25) is 5.76 Å². The van der Waals surface area contributed by atoms with Gasteiger partial charge in [-0.25, -0.2) is 4.79 Å². The Hall–Kier alpha value is -3.33. The maximum Gasteiger partial charge on any atom is 0.373 e. The molecular weight excluding hydrogens is 616 g/mol. The zero-order valence-electron chi connectivity index (χ0n) is 18.6. The van der Waals surface area contributed by atoms with E-state index in [2.05, 4.69) is 42.7 Å². The van der Waals surface area contributed by atoms with Gasteiger partial charge in [-0.15, -0.1) is 0 Å². The molecular formula is C25H16Br2N2O6S. The maximum absolute atomic E-state index is 12.9. The lowest BCUT2D eigenvalue weighted by molar-refractivity contribution is -0.123. The molecule has 182 valence electrons. The minimum atomic E-state index is -0.645. The molecule has 2 aromatic carbocycles. The van der Waals surface area contributed by atoms with Crippen LogP contribution in [-0.4, -0.2) is 29.1 Å². The number of thioether (sulfide) groups is 1. The molecule has 36 heavy (non-hydrogen) atoms. The number of nitrogens with zero attached hydrogens (tertiary/aromatic N) is 2. The van der Waals surface area contributed by atoms with Gasteiger partial charge in [0.1, 0.15) is 18.1 Å². The van der Waals surface area contributed by atoms with E-state index >= 15 is 0 Å². The lowest BCUT2D eigenvalue weighted by Gasteiger charge is -2.12. The van der Waals surface area contributed by atoms with Crippen LogP contribution in [0.4, 0.5) is 4.79 Å². The fourth-order valence-electron chi connectivity index (χ4n) is 3.32. The highest BCUT2D eigenvalue weighted by Crippen LogP contribution is 2.38. The van der Waals surface area contributed by atoms with Crippen molar-refractivity contribution in [1.29, 1.82) is 5.26 Å². The molecule has 0 bridgehead atoms. The average molecular weight is 632 g/mol. The van der Waals surface area contributed by atoms with Crippen LogP contribution < -0.4 is 4.74 Å². The first-order valence-corrected chi connectivity index (χ1v) is 12.7. The second-order valence-electron chi connectivity index (χ2n) is 7.40. The summed E-state index contributed by atoms with van der Waals surface area (Å²) in [5.74, 6) is -0.311. The molecule has 2 heterocycles. The topological polar surface area (TPSA) is 110 Å². The molecule has 11 heteroatoms. The van der Waals surface area contributed by atoms with Gasteiger partial charge < -0.3 is 13.9 Å². The molecule has 4 rings (SSSR count). The average Bonchev–Trinajstić information content (AvgIpc) is 3.43. The number of nitriles is 1. The van der Waals surface area contributed by atoms with Crippen LogP contribution in [0.2, 0.25) is 0 Å². The summed E-state index contributed by atoms with van der Waals surface area (Å²) in [7, 11) is 1.23. The van der Waals surface area contributed by atoms with E-state index in [0.717, 1.165) is 22.2 Å². The second-order valence-corrected chi connectivity index (χ2v) is 10.1. The third kappa shape index (κ3) is 5.56. The van der Waals surface area contributed by atoms with Crippen molar-refractivity contribution in [2.75, 3.05) is 7.11 Å². The summed E-state index contributed by atoms with van der Waals surface area (Å²) in [5, 5.41) is 8.81. The number of imide groups is 1. The lowest BCUT2D eigenvalue weighted by atomic mass is 10.1. The van der Waals surface area contributed by atoms with Crippen LogP contribution in [0.5, 0.6) is 5.75 Å². The fourth-order valence-corrected chi connectivity index (χ4v) is 5.61. The molecule has 1 saturated heterocycles. The Morgan fingerprint density at radius 1 is 1.17 bits per heavy atom. The number of rotatable bonds is 7. The van der Waals surface area contributed by atoms with E-state index in [1.54, 1.807) is 30.3 Å². The van der Waals surface area contributed by atoms with Gasteiger partial charge in [-0.3, -0.25) is 14.5 Å². The summed E-state index contributed by atoms with van der Waals surface area (Å²) in [6.07, 6.45) is 1.61. The second kappa shape index (κ2) is 11.2. The van der Waals surface area contributed by atoms with Crippen molar-refractivity contribution < 1.29 is 28.3 Å².